The molecule has 0 radical (unpaired) electrons. The first kappa shape index (κ1) is 16.6. The van der Waals surface area contributed by atoms with Crippen LogP contribution in [0.25, 0.3) is 0 Å². The molecule has 24 heavy (non-hydrogen) atoms. The fourth-order valence-electron chi connectivity index (χ4n) is 3.70. The smallest absolute Gasteiger partial charge is 0.247 e. The first-order valence-corrected chi connectivity index (χ1v) is 8.53. The van der Waals surface area contributed by atoms with Gasteiger partial charge in [0, 0.05) is 23.9 Å². The Balaban J connectivity index is 1.63. The average molecular weight is 324 g/mol. The van der Waals surface area contributed by atoms with Crippen molar-refractivity contribution in [3.05, 3.63) is 47.2 Å². The van der Waals surface area contributed by atoms with Crippen LogP contribution in [0.1, 0.15) is 49.5 Å². The number of rotatable bonds is 6. The maximum atomic E-state index is 12.6. The number of aryl methyl sites for hydroxylation is 1. The Morgan fingerprint density at radius 2 is 2.04 bits per heavy atom. The van der Waals surface area contributed by atoms with Gasteiger partial charge in [0.2, 0.25) is 5.91 Å². The Morgan fingerprint density at radius 1 is 1.33 bits per heavy atom. The average Bonchev–Trinajstić information content (AvgIpc) is 2.94. The molecule has 2 atom stereocenters. The Hall–Kier alpha value is -2.23. The van der Waals surface area contributed by atoms with Crippen molar-refractivity contribution in [1.82, 2.24) is 5.01 Å². The molecule has 1 saturated carbocycles. The van der Waals surface area contributed by atoms with Crippen LogP contribution in [-0.4, -0.2) is 23.4 Å². The van der Waals surface area contributed by atoms with E-state index in [0.717, 1.165) is 24.0 Å². The summed E-state index contributed by atoms with van der Waals surface area (Å²) in [6.45, 7) is 6.40. The van der Waals surface area contributed by atoms with Crippen molar-refractivity contribution in [2.24, 2.45) is 22.4 Å². The third-order valence-corrected chi connectivity index (χ3v) is 5.42. The Bertz CT molecular complexity index is 701. The zero-order chi connectivity index (χ0) is 17.3. The normalized spacial score (nSPS) is 23.7. The number of amides is 1. The van der Waals surface area contributed by atoms with E-state index in [1.165, 1.54) is 0 Å². The third-order valence-electron chi connectivity index (χ3n) is 5.42. The molecule has 126 valence electrons. The summed E-state index contributed by atoms with van der Waals surface area (Å²) in [4.78, 5) is 23.3. The number of aldehydes is 1. The lowest BCUT2D eigenvalue weighted by molar-refractivity contribution is -0.129. The van der Waals surface area contributed by atoms with Crippen molar-refractivity contribution in [2.45, 2.75) is 40.0 Å². The van der Waals surface area contributed by atoms with Gasteiger partial charge in [0.05, 0.1) is 0 Å². The maximum absolute atomic E-state index is 12.6. The molecule has 0 spiro atoms. The highest BCUT2D eigenvalue weighted by Crippen LogP contribution is 2.65. The van der Waals surface area contributed by atoms with Crippen LogP contribution in [0.2, 0.25) is 0 Å². The molecule has 2 unspecified atom stereocenters. The molecule has 1 aromatic rings. The first-order valence-electron chi connectivity index (χ1n) is 8.53. The van der Waals surface area contributed by atoms with Gasteiger partial charge in [0.1, 0.15) is 6.29 Å². The summed E-state index contributed by atoms with van der Waals surface area (Å²) < 4.78 is 0. The molecular weight excluding hydrogens is 300 g/mol. The molecule has 0 aliphatic heterocycles. The minimum atomic E-state index is 0.0259. The van der Waals surface area contributed by atoms with Crippen LogP contribution in [0, 0.1) is 17.3 Å². The van der Waals surface area contributed by atoms with E-state index in [2.05, 4.69) is 25.0 Å². The Kier molecular flexibility index (Phi) is 4.39. The van der Waals surface area contributed by atoms with Crippen LogP contribution >= 0.6 is 0 Å². The molecule has 1 fully saturated rings. The lowest BCUT2D eigenvalue weighted by Gasteiger charge is -2.21. The summed E-state index contributed by atoms with van der Waals surface area (Å²) in [5, 5.41) is 5.88. The molecule has 2 aliphatic rings. The lowest BCUT2D eigenvalue weighted by atomic mass is 10.0. The number of carbonyl (C=O) groups is 2. The fraction of sp³-hybridized carbons (Fsp3) is 0.450. The highest BCUT2D eigenvalue weighted by molar-refractivity contribution is 5.79. The second-order valence-corrected chi connectivity index (χ2v) is 7.25. The van der Waals surface area contributed by atoms with E-state index in [-0.39, 0.29) is 5.91 Å². The second-order valence-electron chi connectivity index (χ2n) is 7.25. The number of carbonyl (C=O) groups excluding carboxylic acids is 2. The minimum absolute atomic E-state index is 0.0259. The second kappa shape index (κ2) is 6.34. The van der Waals surface area contributed by atoms with E-state index < -0.39 is 0 Å². The molecule has 1 amide bonds. The van der Waals surface area contributed by atoms with E-state index in [1.54, 1.807) is 23.4 Å². The summed E-state index contributed by atoms with van der Waals surface area (Å²) in [7, 11) is 0. The summed E-state index contributed by atoms with van der Waals surface area (Å²) in [5.41, 5.74) is 3.14. The van der Waals surface area contributed by atoms with Crippen LogP contribution in [0.5, 0.6) is 0 Å². The number of fused-ring (bicyclic) bond motifs is 1. The zero-order valence-corrected chi connectivity index (χ0v) is 14.5. The monoisotopic (exact) mass is 324 g/mol. The molecule has 0 bridgehead atoms. The zero-order valence-electron chi connectivity index (χ0n) is 14.5. The Morgan fingerprint density at radius 3 is 2.58 bits per heavy atom. The van der Waals surface area contributed by atoms with E-state index in [9.17, 15) is 9.59 Å². The van der Waals surface area contributed by atoms with E-state index >= 15 is 0 Å². The number of hydrazone groups is 1. The third kappa shape index (κ3) is 3.05. The van der Waals surface area contributed by atoms with Crippen molar-refractivity contribution >= 4 is 18.4 Å². The van der Waals surface area contributed by atoms with Gasteiger partial charge in [-0.05, 0) is 42.6 Å². The molecule has 2 aliphatic carbocycles. The number of hydrogen-bond donors (Lipinski definition) is 0. The molecule has 0 aromatic heterocycles. The van der Waals surface area contributed by atoms with Crippen LogP contribution < -0.4 is 0 Å². The predicted octanol–water partition coefficient (Wildman–Crippen LogP) is 3.83. The van der Waals surface area contributed by atoms with Crippen molar-refractivity contribution < 1.29 is 9.59 Å². The Labute approximate surface area is 143 Å². The van der Waals surface area contributed by atoms with E-state index in [0.29, 0.717) is 35.7 Å². The van der Waals surface area contributed by atoms with E-state index in [4.69, 9.17) is 0 Å². The molecule has 0 saturated heterocycles. The van der Waals surface area contributed by atoms with Gasteiger partial charge in [-0.2, -0.15) is 5.10 Å². The molecule has 4 heteroatoms. The van der Waals surface area contributed by atoms with Crippen LogP contribution in [0.4, 0.5) is 0 Å². The van der Waals surface area contributed by atoms with Crippen molar-refractivity contribution in [2.75, 3.05) is 0 Å². The summed E-state index contributed by atoms with van der Waals surface area (Å²) in [6, 6.07) is 7.36. The van der Waals surface area contributed by atoms with Gasteiger partial charge in [-0.1, -0.05) is 44.2 Å². The van der Waals surface area contributed by atoms with Gasteiger partial charge in [-0.25, -0.2) is 5.01 Å². The maximum Gasteiger partial charge on any atom is 0.247 e. The minimum Gasteiger partial charge on any atom is -0.298 e. The molecule has 4 nitrogen and oxygen atoms in total. The highest BCUT2D eigenvalue weighted by Gasteiger charge is 2.59. The topological polar surface area (TPSA) is 49.7 Å². The first-order chi connectivity index (χ1) is 11.5. The fourth-order valence-corrected chi connectivity index (χ4v) is 3.70. The van der Waals surface area contributed by atoms with Crippen LogP contribution in [0.3, 0.4) is 0 Å². The van der Waals surface area contributed by atoms with Gasteiger partial charge in [-0.15, -0.1) is 0 Å². The van der Waals surface area contributed by atoms with Gasteiger partial charge in [0.25, 0.3) is 0 Å². The molecule has 0 heterocycles. The molecule has 3 rings (SSSR count). The summed E-state index contributed by atoms with van der Waals surface area (Å²) in [6.07, 6.45) is 6.73. The summed E-state index contributed by atoms with van der Waals surface area (Å²) >= 11 is 0. The van der Waals surface area contributed by atoms with Crippen LogP contribution in [0.15, 0.2) is 41.1 Å². The largest absolute Gasteiger partial charge is 0.298 e. The highest BCUT2D eigenvalue weighted by atomic mass is 16.2. The van der Waals surface area contributed by atoms with Gasteiger partial charge >= 0.3 is 0 Å². The van der Waals surface area contributed by atoms with Gasteiger partial charge in [0.15, 0.2) is 0 Å². The molecule has 1 aromatic carbocycles. The predicted molar refractivity (Wildman–Crippen MR) is 94.6 cm³/mol. The van der Waals surface area contributed by atoms with Crippen molar-refractivity contribution in [3.8, 4) is 0 Å². The van der Waals surface area contributed by atoms with Crippen LogP contribution in [-0.2, 0) is 11.2 Å². The number of benzene rings is 1. The standard InChI is InChI=1S/C20H24N2O2/c1-4-21-22(16-11-17-18(12-16)20(17,2)3)19(24)10-9-14-5-7-15(13-23)8-6-14/h4-8,11,13,17-18H,9-10,12H2,1-3H3. The number of allylic oxidation sites excluding steroid dienone is 2. The summed E-state index contributed by atoms with van der Waals surface area (Å²) in [5.74, 6) is 1.27. The number of hydrogen-bond acceptors (Lipinski definition) is 3. The molecular formula is C20H24N2O2. The van der Waals surface area contributed by atoms with Crippen molar-refractivity contribution in [1.29, 1.82) is 0 Å². The van der Waals surface area contributed by atoms with Gasteiger partial charge < -0.3 is 0 Å². The van der Waals surface area contributed by atoms with Crippen molar-refractivity contribution in [3.63, 3.8) is 0 Å². The van der Waals surface area contributed by atoms with Gasteiger partial charge in [-0.3, -0.25) is 9.59 Å². The molecule has 0 N–H and O–H groups in total. The lowest BCUT2D eigenvalue weighted by Crippen LogP contribution is -2.26. The van der Waals surface area contributed by atoms with E-state index in [1.807, 2.05) is 19.1 Å². The number of nitrogens with zero attached hydrogens (tertiary/aromatic N) is 2. The SMILES string of the molecule is CC=NN(C(=O)CCc1ccc(C=O)cc1)C1=CC2C(C1)C2(C)C. The quantitative estimate of drug-likeness (QED) is 0.454.